The van der Waals surface area contributed by atoms with E-state index in [4.69, 9.17) is 10.3 Å². The van der Waals surface area contributed by atoms with Gasteiger partial charge in [-0.2, -0.15) is 0 Å². The molecule has 3 N–H and O–H groups in total. The monoisotopic (exact) mass is 334 g/mol. The highest BCUT2D eigenvalue weighted by Gasteiger charge is 2.33. The Hall–Kier alpha value is -1.89. The third-order valence-corrected chi connectivity index (χ3v) is 5.09. The highest BCUT2D eigenvalue weighted by molar-refractivity contribution is 5.92. The minimum atomic E-state index is -0.457. The number of piperidine rings is 1. The predicted octanol–water partition coefficient (Wildman–Crippen LogP) is 1.26. The van der Waals surface area contributed by atoms with Crippen molar-refractivity contribution >= 4 is 11.8 Å². The molecule has 2 aliphatic rings. The van der Waals surface area contributed by atoms with Crippen LogP contribution in [-0.2, 0) is 4.79 Å². The smallest absolute Gasteiger partial charge is 0.273 e. The summed E-state index contributed by atoms with van der Waals surface area (Å²) in [7, 11) is 0. The second kappa shape index (κ2) is 6.55. The van der Waals surface area contributed by atoms with Gasteiger partial charge in [-0.15, -0.1) is 0 Å². The number of rotatable bonds is 5. The van der Waals surface area contributed by atoms with Crippen LogP contribution in [0.4, 0.5) is 0 Å². The number of hydrogen-bond donors (Lipinski definition) is 2. The molecule has 7 nitrogen and oxygen atoms in total. The van der Waals surface area contributed by atoms with Crippen LogP contribution >= 0.6 is 0 Å². The fourth-order valence-corrected chi connectivity index (χ4v) is 3.07. The van der Waals surface area contributed by atoms with Gasteiger partial charge in [-0.1, -0.05) is 12.1 Å². The standard InChI is InChI=1S/C17H26N4O3/c1-11(18)16(23)21-7-5-17(2,6-8-21)10-19-15(22)13-9-14(24-20-13)12-3-4-12/h9,11-12H,3-8,10,18H2,1-2H3,(H,19,22)/t11-/m0/s1. The second-order valence-electron chi connectivity index (χ2n) is 7.50. The summed E-state index contributed by atoms with van der Waals surface area (Å²) in [6, 6.07) is 1.29. The van der Waals surface area contributed by atoms with Crippen LogP contribution in [0.3, 0.4) is 0 Å². The van der Waals surface area contributed by atoms with E-state index in [1.807, 2.05) is 4.90 Å². The number of carbonyl (C=O) groups excluding carboxylic acids is 2. The lowest BCUT2D eigenvalue weighted by Gasteiger charge is -2.40. The molecule has 0 bridgehead atoms. The zero-order valence-electron chi connectivity index (χ0n) is 14.4. The van der Waals surface area contributed by atoms with Crippen molar-refractivity contribution in [2.75, 3.05) is 19.6 Å². The molecule has 0 spiro atoms. The minimum absolute atomic E-state index is 0.00344. The number of amides is 2. The fourth-order valence-electron chi connectivity index (χ4n) is 3.07. The van der Waals surface area contributed by atoms with Crippen LogP contribution in [0.15, 0.2) is 10.6 Å². The van der Waals surface area contributed by atoms with Crippen molar-refractivity contribution < 1.29 is 14.1 Å². The Morgan fingerprint density at radius 2 is 2.12 bits per heavy atom. The molecule has 0 radical (unpaired) electrons. The molecule has 1 aliphatic heterocycles. The van der Waals surface area contributed by atoms with Crippen molar-refractivity contribution in [2.45, 2.75) is 51.5 Å². The molecule has 0 aromatic carbocycles. The molecule has 1 saturated carbocycles. The van der Waals surface area contributed by atoms with E-state index in [1.54, 1.807) is 13.0 Å². The molecule has 1 aromatic heterocycles. The summed E-state index contributed by atoms with van der Waals surface area (Å²) < 4.78 is 5.22. The highest BCUT2D eigenvalue weighted by atomic mass is 16.5. The Balaban J connectivity index is 1.48. The molecule has 1 aromatic rings. The Bertz CT molecular complexity index is 613. The van der Waals surface area contributed by atoms with Crippen LogP contribution in [0.2, 0.25) is 0 Å². The third kappa shape index (κ3) is 3.77. The Labute approximate surface area is 141 Å². The van der Waals surface area contributed by atoms with E-state index in [9.17, 15) is 9.59 Å². The van der Waals surface area contributed by atoms with E-state index in [-0.39, 0.29) is 17.2 Å². The number of likely N-dealkylation sites (tertiary alicyclic amines) is 1. The maximum atomic E-state index is 12.2. The number of hydrogen-bond acceptors (Lipinski definition) is 5. The van der Waals surface area contributed by atoms with Gasteiger partial charge in [-0.05, 0) is 38.0 Å². The molecule has 3 rings (SSSR count). The zero-order chi connectivity index (χ0) is 17.3. The normalized spacial score (nSPS) is 21.4. The number of nitrogens with two attached hydrogens (primary N) is 1. The van der Waals surface area contributed by atoms with Gasteiger partial charge in [0.2, 0.25) is 5.91 Å². The maximum absolute atomic E-state index is 12.2. The van der Waals surface area contributed by atoms with Crippen molar-refractivity contribution in [3.05, 3.63) is 17.5 Å². The number of nitrogens with one attached hydrogen (secondary N) is 1. The van der Waals surface area contributed by atoms with Gasteiger partial charge in [-0.3, -0.25) is 9.59 Å². The number of aromatic nitrogens is 1. The molecule has 2 heterocycles. The third-order valence-electron chi connectivity index (χ3n) is 5.09. The lowest BCUT2D eigenvalue weighted by atomic mass is 9.80. The van der Waals surface area contributed by atoms with Crippen LogP contribution < -0.4 is 11.1 Å². The number of carbonyl (C=O) groups is 2. The molecule has 1 atom stereocenters. The molecule has 1 aliphatic carbocycles. The van der Waals surface area contributed by atoms with E-state index in [0.717, 1.165) is 31.4 Å². The Morgan fingerprint density at radius 1 is 1.46 bits per heavy atom. The molecule has 1 saturated heterocycles. The minimum Gasteiger partial charge on any atom is -0.360 e. The molecular weight excluding hydrogens is 308 g/mol. The molecule has 0 unspecified atom stereocenters. The van der Waals surface area contributed by atoms with Crippen LogP contribution in [0, 0.1) is 5.41 Å². The van der Waals surface area contributed by atoms with Gasteiger partial charge in [0, 0.05) is 31.6 Å². The van der Waals surface area contributed by atoms with Gasteiger partial charge in [-0.25, -0.2) is 0 Å². The molecule has 7 heteroatoms. The van der Waals surface area contributed by atoms with Crippen LogP contribution in [0.25, 0.3) is 0 Å². The summed E-state index contributed by atoms with van der Waals surface area (Å²) in [4.78, 5) is 26.0. The highest BCUT2D eigenvalue weighted by Crippen LogP contribution is 2.40. The fraction of sp³-hybridized carbons (Fsp3) is 0.706. The first-order valence-electron chi connectivity index (χ1n) is 8.67. The zero-order valence-corrected chi connectivity index (χ0v) is 14.4. The van der Waals surface area contributed by atoms with E-state index < -0.39 is 6.04 Å². The summed E-state index contributed by atoms with van der Waals surface area (Å²) in [5.74, 6) is 1.06. The Kier molecular flexibility index (Phi) is 4.62. The lowest BCUT2D eigenvalue weighted by molar-refractivity contribution is -0.134. The van der Waals surface area contributed by atoms with Crippen molar-refractivity contribution in [1.29, 1.82) is 0 Å². The molecular formula is C17H26N4O3. The molecule has 2 fully saturated rings. The van der Waals surface area contributed by atoms with Gasteiger partial charge < -0.3 is 20.5 Å². The van der Waals surface area contributed by atoms with Gasteiger partial charge in [0.1, 0.15) is 5.76 Å². The van der Waals surface area contributed by atoms with Crippen LogP contribution in [0.1, 0.15) is 61.7 Å². The van der Waals surface area contributed by atoms with Crippen molar-refractivity contribution in [2.24, 2.45) is 11.1 Å². The first kappa shape index (κ1) is 17.0. The second-order valence-corrected chi connectivity index (χ2v) is 7.50. The summed E-state index contributed by atoms with van der Waals surface area (Å²) in [5.41, 5.74) is 5.99. The van der Waals surface area contributed by atoms with Crippen molar-refractivity contribution in [3.63, 3.8) is 0 Å². The average molecular weight is 334 g/mol. The van der Waals surface area contributed by atoms with Crippen LogP contribution in [0.5, 0.6) is 0 Å². The molecule has 132 valence electrons. The van der Waals surface area contributed by atoms with Gasteiger partial charge >= 0.3 is 0 Å². The molecule has 2 amide bonds. The van der Waals surface area contributed by atoms with Gasteiger partial charge in [0.15, 0.2) is 5.69 Å². The lowest BCUT2D eigenvalue weighted by Crippen LogP contribution is -2.50. The van der Waals surface area contributed by atoms with Crippen LogP contribution in [-0.4, -0.2) is 47.5 Å². The quantitative estimate of drug-likeness (QED) is 0.844. The largest absolute Gasteiger partial charge is 0.360 e. The molecule has 24 heavy (non-hydrogen) atoms. The van der Waals surface area contributed by atoms with Crippen molar-refractivity contribution in [3.8, 4) is 0 Å². The van der Waals surface area contributed by atoms with Gasteiger partial charge in [0.25, 0.3) is 5.91 Å². The first-order chi connectivity index (χ1) is 11.4. The number of nitrogens with zero attached hydrogens (tertiary/aromatic N) is 2. The summed E-state index contributed by atoms with van der Waals surface area (Å²) in [6.45, 7) is 5.78. The summed E-state index contributed by atoms with van der Waals surface area (Å²) >= 11 is 0. The maximum Gasteiger partial charge on any atom is 0.273 e. The first-order valence-corrected chi connectivity index (χ1v) is 8.67. The summed E-state index contributed by atoms with van der Waals surface area (Å²) in [5, 5.41) is 6.82. The SMILES string of the molecule is C[C@H](N)C(=O)N1CCC(C)(CNC(=O)c2cc(C3CC3)on2)CC1. The van der Waals surface area contributed by atoms with E-state index in [0.29, 0.717) is 31.2 Å². The predicted molar refractivity (Wildman–Crippen MR) is 88.4 cm³/mol. The topological polar surface area (TPSA) is 101 Å². The van der Waals surface area contributed by atoms with Gasteiger partial charge in [0.05, 0.1) is 6.04 Å². The van der Waals surface area contributed by atoms with E-state index in [2.05, 4.69) is 17.4 Å². The van der Waals surface area contributed by atoms with E-state index in [1.165, 1.54) is 0 Å². The van der Waals surface area contributed by atoms with E-state index >= 15 is 0 Å². The summed E-state index contributed by atoms with van der Waals surface area (Å²) in [6.07, 6.45) is 3.92. The van der Waals surface area contributed by atoms with Crippen molar-refractivity contribution in [1.82, 2.24) is 15.4 Å². The Morgan fingerprint density at radius 3 is 2.71 bits per heavy atom. The average Bonchev–Trinajstić information content (AvgIpc) is 3.30.